The Morgan fingerprint density at radius 1 is 1.35 bits per heavy atom. The van der Waals surface area contributed by atoms with Gasteiger partial charge in [-0.05, 0) is 24.6 Å². The monoisotopic (exact) mass is 351 g/mol. The van der Waals surface area contributed by atoms with Crippen LogP contribution in [0.5, 0.6) is 11.5 Å². The number of rotatable bonds is 6. The molecule has 0 bridgehead atoms. The molecular formula is C17H19Cl2N3O. The Kier molecular flexibility index (Phi) is 4.95. The van der Waals surface area contributed by atoms with E-state index in [1.165, 1.54) is 0 Å². The zero-order valence-corrected chi connectivity index (χ0v) is 14.5. The van der Waals surface area contributed by atoms with Gasteiger partial charge in [-0.15, -0.1) is 6.58 Å². The molecular weight excluding hydrogens is 333 g/mol. The second kappa shape index (κ2) is 6.95. The number of allylic oxidation sites excluding steroid dienone is 1. The molecule has 122 valence electrons. The number of aryl methyl sites for hydroxylation is 1. The zero-order chi connectivity index (χ0) is 16.4. The fourth-order valence-electron chi connectivity index (χ4n) is 2.63. The van der Waals surface area contributed by atoms with Gasteiger partial charge in [0.05, 0.1) is 11.7 Å². The summed E-state index contributed by atoms with van der Waals surface area (Å²) in [5.41, 5.74) is 1.98. The highest BCUT2D eigenvalue weighted by Crippen LogP contribution is 2.35. The zero-order valence-electron chi connectivity index (χ0n) is 13.0. The van der Waals surface area contributed by atoms with Crippen LogP contribution in [0.15, 0.2) is 30.9 Å². The topological polar surface area (TPSA) is 39.1 Å². The molecule has 1 aromatic heterocycles. The molecule has 1 N–H and O–H groups in total. The Morgan fingerprint density at radius 2 is 2.04 bits per heavy atom. The standard InChI is InChI=1S/C17H19Cl2N3O/c1-3-5-16-17(23-14-7-11(18)6-12(19)8-14)15(4-2)21-22(16)13-9-20-10-13/h3,6-8,13,20H,1,4-5,9-10H2,2H3. The molecule has 0 atom stereocenters. The number of hydrogen-bond acceptors (Lipinski definition) is 3. The number of ether oxygens (including phenoxy) is 1. The Hall–Kier alpha value is -1.49. The molecule has 23 heavy (non-hydrogen) atoms. The summed E-state index contributed by atoms with van der Waals surface area (Å²) in [5.74, 6) is 1.41. The van der Waals surface area contributed by atoms with Crippen molar-refractivity contribution in [1.29, 1.82) is 0 Å². The van der Waals surface area contributed by atoms with Crippen molar-refractivity contribution in [3.05, 3.63) is 52.3 Å². The highest BCUT2D eigenvalue weighted by Gasteiger charge is 2.27. The van der Waals surface area contributed by atoms with Crippen LogP contribution in [0, 0.1) is 0 Å². The lowest BCUT2D eigenvalue weighted by Crippen LogP contribution is -2.44. The van der Waals surface area contributed by atoms with Crippen LogP contribution >= 0.6 is 23.2 Å². The molecule has 0 radical (unpaired) electrons. The van der Waals surface area contributed by atoms with E-state index in [-0.39, 0.29) is 0 Å². The van der Waals surface area contributed by atoms with E-state index in [0.717, 1.165) is 36.6 Å². The van der Waals surface area contributed by atoms with E-state index in [1.54, 1.807) is 18.2 Å². The lowest BCUT2D eigenvalue weighted by atomic mass is 10.1. The first-order valence-corrected chi connectivity index (χ1v) is 8.43. The van der Waals surface area contributed by atoms with Crippen LogP contribution in [0.3, 0.4) is 0 Å². The van der Waals surface area contributed by atoms with Crippen LogP contribution in [0.4, 0.5) is 0 Å². The quantitative estimate of drug-likeness (QED) is 0.783. The first-order valence-electron chi connectivity index (χ1n) is 7.68. The van der Waals surface area contributed by atoms with Gasteiger partial charge >= 0.3 is 0 Å². The molecule has 1 saturated heterocycles. The van der Waals surface area contributed by atoms with Crippen LogP contribution < -0.4 is 10.1 Å². The average Bonchev–Trinajstić information content (AvgIpc) is 2.75. The number of hydrogen-bond donors (Lipinski definition) is 1. The summed E-state index contributed by atoms with van der Waals surface area (Å²) in [6, 6.07) is 5.57. The van der Waals surface area contributed by atoms with Crippen LogP contribution in [0.25, 0.3) is 0 Å². The third-order valence-corrected chi connectivity index (χ3v) is 4.30. The van der Waals surface area contributed by atoms with Gasteiger partial charge in [-0.1, -0.05) is 36.2 Å². The summed E-state index contributed by atoms with van der Waals surface area (Å²) in [5, 5.41) is 9.12. The van der Waals surface area contributed by atoms with Crippen molar-refractivity contribution in [1.82, 2.24) is 15.1 Å². The minimum Gasteiger partial charge on any atom is -0.453 e. The van der Waals surface area contributed by atoms with Crippen molar-refractivity contribution in [3.63, 3.8) is 0 Å². The molecule has 2 heterocycles. The summed E-state index contributed by atoms with van der Waals surface area (Å²) < 4.78 is 8.19. The first-order chi connectivity index (χ1) is 11.1. The van der Waals surface area contributed by atoms with Crippen LogP contribution in [0.1, 0.15) is 24.4 Å². The number of halogens is 2. The molecule has 1 fully saturated rings. The SMILES string of the molecule is C=CCc1c(Oc2cc(Cl)cc(Cl)c2)c(CC)nn1C1CNC1. The number of nitrogens with one attached hydrogen (secondary N) is 1. The lowest BCUT2D eigenvalue weighted by Gasteiger charge is -2.28. The maximum Gasteiger partial charge on any atom is 0.172 e. The van der Waals surface area contributed by atoms with Crippen molar-refractivity contribution in [2.24, 2.45) is 0 Å². The summed E-state index contributed by atoms with van der Waals surface area (Å²) in [7, 11) is 0. The van der Waals surface area contributed by atoms with Crippen molar-refractivity contribution in [3.8, 4) is 11.5 Å². The first kappa shape index (κ1) is 16.4. The van der Waals surface area contributed by atoms with Crippen LogP contribution in [-0.4, -0.2) is 22.9 Å². The number of aromatic nitrogens is 2. The van der Waals surface area contributed by atoms with Crippen LogP contribution in [0.2, 0.25) is 10.0 Å². The Bertz CT molecular complexity index is 703. The molecule has 0 unspecified atom stereocenters. The maximum atomic E-state index is 6.12. The van der Waals surface area contributed by atoms with Crippen molar-refractivity contribution in [2.45, 2.75) is 25.8 Å². The molecule has 1 aromatic carbocycles. The highest BCUT2D eigenvalue weighted by atomic mass is 35.5. The van der Waals surface area contributed by atoms with Gasteiger partial charge in [0.15, 0.2) is 5.75 Å². The van der Waals surface area contributed by atoms with E-state index in [0.29, 0.717) is 28.3 Å². The van der Waals surface area contributed by atoms with E-state index >= 15 is 0 Å². The van der Waals surface area contributed by atoms with E-state index in [1.807, 2.05) is 6.08 Å². The summed E-state index contributed by atoms with van der Waals surface area (Å²) in [6.07, 6.45) is 3.37. The molecule has 4 nitrogen and oxygen atoms in total. The Balaban J connectivity index is 2.01. The van der Waals surface area contributed by atoms with Crippen molar-refractivity contribution in [2.75, 3.05) is 13.1 Å². The molecule has 0 amide bonds. The van der Waals surface area contributed by atoms with Gasteiger partial charge in [0, 0.05) is 29.6 Å². The van der Waals surface area contributed by atoms with Gasteiger partial charge in [0.2, 0.25) is 0 Å². The highest BCUT2D eigenvalue weighted by molar-refractivity contribution is 6.34. The van der Waals surface area contributed by atoms with E-state index in [9.17, 15) is 0 Å². The molecule has 0 spiro atoms. The summed E-state index contributed by atoms with van der Waals surface area (Å²) in [4.78, 5) is 0. The fraction of sp³-hybridized carbons (Fsp3) is 0.353. The number of benzene rings is 1. The van der Waals surface area contributed by atoms with E-state index < -0.39 is 0 Å². The third kappa shape index (κ3) is 3.39. The van der Waals surface area contributed by atoms with Crippen LogP contribution in [-0.2, 0) is 12.8 Å². The van der Waals surface area contributed by atoms with E-state index in [2.05, 4.69) is 23.5 Å². The molecule has 1 aliphatic heterocycles. The molecule has 1 aliphatic rings. The predicted molar refractivity (Wildman–Crippen MR) is 93.9 cm³/mol. The second-order valence-electron chi connectivity index (χ2n) is 5.53. The minimum atomic E-state index is 0.371. The maximum absolute atomic E-state index is 6.12. The van der Waals surface area contributed by atoms with E-state index in [4.69, 9.17) is 33.0 Å². The van der Waals surface area contributed by atoms with Gasteiger partial charge in [-0.3, -0.25) is 4.68 Å². The normalized spacial score (nSPS) is 14.6. The smallest absolute Gasteiger partial charge is 0.172 e. The largest absolute Gasteiger partial charge is 0.453 e. The molecule has 0 aliphatic carbocycles. The average molecular weight is 352 g/mol. The molecule has 0 saturated carbocycles. The van der Waals surface area contributed by atoms with Crippen molar-refractivity contribution < 1.29 is 4.74 Å². The molecule has 3 rings (SSSR count). The van der Waals surface area contributed by atoms with Gasteiger partial charge < -0.3 is 10.1 Å². The second-order valence-corrected chi connectivity index (χ2v) is 6.41. The third-order valence-electron chi connectivity index (χ3n) is 3.86. The van der Waals surface area contributed by atoms with Crippen molar-refractivity contribution >= 4 is 23.2 Å². The predicted octanol–water partition coefficient (Wildman–Crippen LogP) is 4.42. The molecule has 2 aromatic rings. The Morgan fingerprint density at radius 3 is 2.57 bits per heavy atom. The molecule has 6 heteroatoms. The fourth-order valence-corrected chi connectivity index (χ4v) is 3.14. The Labute approximate surface area is 146 Å². The lowest BCUT2D eigenvalue weighted by molar-refractivity contribution is 0.309. The van der Waals surface area contributed by atoms with Gasteiger partial charge in [-0.25, -0.2) is 0 Å². The van der Waals surface area contributed by atoms with Gasteiger partial charge in [0.25, 0.3) is 0 Å². The van der Waals surface area contributed by atoms with Gasteiger partial charge in [-0.2, -0.15) is 5.10 Å². The summed E-state index contributed by atoms with van der Waals surface area (Å²) >= 11 is 12.1. The summed E-state index contributed by atoms with van der Waals surface area (Å²) in [6.45, 7) is 7.78. The van der Waals surface area contributed by atoms with Gasteiger partial charge in [0.1, 0.15) is 11.4 Å². The number of nitrogens with zero attached hydrogens (tertiary/aromatic N) is 2. The minimum absolute atomic E-state index is 0.371.